The maximum atomic E-state index is 12.4. The second-order valence-electron chi connectivity index (χ2n) is 6.59. The molecule has 0 aliphatic heterocycles. The van der Waals surface area contributed by atoms with Crippen LogP contribution in [0.2, 0.25) is 0 Å². The fourth-order valence-corrected chi connectivity index (χ4v) is 2.87. The summed E-state index contributed by atoms with van der Waals surface area (Å²) in [4.78, 5) is 52.8. The van der Waals surface area contributed by atoms with Crippen molar-refractivity contribution in [2.75, 3.05) is 0 Å². The van der Waals surface area contributed by atoms with Crippen LogP contribution < -0.4 is 16.6 Å². The molecule has 0 aliphatic carbocycles. The summed E-state index contributed by atoms with van der Waals surface area (Å²) in [5, 5.41) is 2.70. The number of aromatic nitrogens is 4. The quantitative estimate of drug-likeness (QED) is 0.568. The summed E-state index contributed by atoms with van der Waals surface area (Å²) in [7, 11) is 2.83. The summed E-state index contributed by atoms with van der Waals surface area (Å²) < 4.78 is 8.63. The third-order valence-electron chi connectivity index (χ3n) is 4.50. The Morgan fingerprint density at radius 1 is 1.14 bits per heavy atom. The summed E-state index contributed by atoms with van der Waals surface area (Å²) in [5.74, 6) is -1.14. The van der Waals surface area contributed by atoms with E-state index in [0.717, 1.165) is 10.1 Å². The van der Waals surface area contributed by atoms with Gasteiger partial charge < -0.3 is 14.6 Å². The van der Waals surface area contributed by atoms with Crippen LogP contribution in [0.4, 0.5) is 0 Å². The molecule has 0 radical (unpaired) electrons. The van der Waals surface area contributed by atoms with Crippen LogP contribution in [0.1, 0.15) is 12.5 Å². The fourth-order valence-electron chi connectivity index (χ4n) is 2.87. The van der Waals surface area contributed by atoms with Crippen molar-refractivity contribution in [1.82, 2.24) is 24.0 Å². The highest BCUT2D eigenvalue weighted by Crippen LogP contribution is 2.06. The lowest BCUT2D eigenvalue weighted by atomic mass is 10.2. The molecular formula is C19H21N5O5. The van der Waals surface area contributed by atoms with E-state index in [1.807, 2.05) is 30.3 Å². The lowest BCUT2D eigenvalue weighted by Crippen LogP contribution is -2.38. The van der Waals surface area contributed by atoms with E-state index in [9.17, 15) is 19.2 Å². The van der Waals surface area contributed by atoms with Crippen LogP contribution in [-0.4, -0.2) is 36.7 Å². The van der Waals surface area contributed by atoms with Gasteiger partial charge in [-0.3, -0.25) is 23.5 Å². The molecule has 0 saturated heterocycles. The van der Waals surface area contributed by atoms with Gasteiger partial charge in [0.2, 0.25) is 0 Å². The van der Waals surface area contributed by atoms with E-state index in [0.29, 0.717) is 6.54 Å². The molecule has 0 unspecified atom stereocenters. The number of imidazole rings is 1. The highest BCUT2D eigenvalue weighted by Gasteiger charge is 2.20. The number of hydrogen-bond acceptors (Lipinski definition) is 6. The van der Waals surface area contributed by atoms with Gasteiger partial charge in [-0.15, -0.1) is 0 Å². The normalized spacial score (nSPS) is 12.0. The maximum Gasteiger partial charge on any atom is 0.332 e. The first-order valence-corrected chi connectivity index (χ1v) is 8.91. The summed E-state index contributed by atoms with van der Waals surface area (Å²) >= 11 is 0. The lowest BCUT2D eigenvalue weighted by Gasteiger charge is -2.14. The molecule has 1 amide bonds. The van der Waals surface area contributed by atoms with Gasteiger partial charge in [0, 0.05) is 20.6 Å². The fraction of sp³-hybridized carbons (Fsp3) is 0.316. The number of nitrogens with one attached hydrogen (secondary N) is 1. The number of carbonyl (C=O) groups excluding carboxylic acids is 2. The Morgan fingerprint density at radius 2 is 1.83 bits per heavy atom. The molecule has 2 aromatic heterocycles. The second kappa shape index (κ2) is 8.13. The van der Waals surface area contributed by atoms with Crippen molar-refractivity contribution >= 4 is 23.0 Å². The minimum absolute atomic E-state index is 0.104. The molecule has 2 heterocycles. The highest BCUT2D eigenvalue weighted by atomic mass is 16.5. The zero-order chi connectivity index (χ0) is 21.1. The zero-order valence-electron chi connectivity index (χ0n) is 16.3. The molecule has 1 atom stereocenters. The number of fused-ring (bicyclic) bond motifs is 1. The number of aryl methyl sites for hydroxylation is 1. The van der Waals surface area contributed by atoms with E-state index in [4.69, 9.17) is 4.74 Å². The summed E-state index contributed by atoms with van der Waals surface area (Å²) in [6.45, 7) is 1.46. The van der Waals surface area contributed by atoms with Crippen molar-refractivity contribution < 1.29 is 14.3 Å². The highest BCUT2D eigenvalue weighted by molar-refractivity contribution is 5.83. The average Bonchev–Trinajstić information content (AvgIpc) is 3.13. The van der Waals surface area contributed by atoms with E-state index in [-0.39, 0.29) is 17.7 Å². The Hall–Kier alpha value is -3.69. The van der Waals surface area contributed by atoms with Gasteiger partial charge in [0.15, 0.2) is 17.3 Å². The van der Waals surface area contributed by atoms with Gasteiger partial charge in [-0.25, -0.2) is 9.78 Å². The molecule has 1 N–H and O–H groups in total. The molecule has 10 heteroatoms. The topological polar surface area (TPSA) is 117 Å². The van der Waals surface area contributed by atoms with Gasteiger partial charge in [-0.1, -0.05) is 30.3 Å². The van der Waals surface area contributed by atoms with Crippen molar-refractivity contribution in [2.45, 2.75) is 26.1 Å². The van der Waals surface area contributed by atoms with Crippen molar-refractivity contribution in [3.63, 3.8) is 0 Å². The van der Waals surface area contributed by atoms with Crippen LogP contribution in [0, 0.1) is 0 Å². The number of amides is 1. The molecule has 152 valence electrons. The molecule has 0 fully saturated rings. The third kappa shape index (κ3) is 4.10. The summed E-state index contributed by atoms with van der Waals surface area (Å²) in [6.07, 6.45) is 0.278. The minimum Gasteiger partial charge on any atom is -0.451 e. The number of esters is 1. The Bertz CT molecular complexity index is 1180. The molecule has 0 saturated carbocycles. The molecule has 1 aromatic carbocycles. The molecule has 3 aromatic rings. The largest absolute Gasteiger partial charge is 0.451 e. The van der Waals surface area contributed by atoms with Crippen molar-refractivity contribution in [3.8, 4) is 0 Å². The van der Waals surface area contributed by atoms with Crippen molar-refractivity contribution in [1.29, 1.82) is 0 Å². The van der Waals surface area contributed by atoms with Crippen LogP contribution in [0.5, 0.6) is 0 Å². The molecule has 0 aliphatic rings. The van der Waals surface area contributed by atoms with Crippen LogP contribution in [0.3, 0.4) is 0 Å². The van der Waals surface area contributed by atoms with Gasteiger partial charge >= 0.3 is 11.7 Å². The Labute approximate surface area is 165 Å². The molecule has 0 spiro atoms. The van der Waals surface area contributed by atoms with E-state index >= 15 is 0 Å². The number of carbonyl (C=O) groups is 2. The number of nitrogens with zero attached hydrogens (tertiary/aromatic N) is 4. The Kier molecular flexibility index (Phi) is 5.62. The molecule has 3 rings (SSSR count). The van der Waals surface area contributed by atoms with Crippen LogP contribution in [0.25, 0.3) is 11.2 Å². The summed E-state index contributed by atoms with van der Waals surface area (Å²) in [5.41, 5.74) is 0.110. The monoisotopic (exact) mass is 399 g/mol. The minimum atomic E-state index is -1.01. The lowest BCUT2D eigenvalue weighted by molar-refractivity contribution is -0.155. The van der Waals surface area contributed by atoms with E-state index in [1.165, 1.54) is 36.5 Å². The maximum absolute atomic E-state index is 12.4. The van der Waals surface area contributed by atoms with Gasteiger partial charge in [0.25, 0.3) is 11.5 Å². The van der Waals surface area contributed by atoms with Crippen LogP contribution in [0.15, 0.2) is 46.2 Å². The average molecular weight is 399 g/mol. The number of hydrogen-bond donors (Lipinski definition) is 1. The van der Waals surface area contributed by atoms with Crippen LogP contribution >= 0.6 is 0 Å². The standard InChI is InChI=1S/C19H21N5O5/c1-12(17(26)20-9-13-7-5-4-6-8-13)29-14(25)10-24-11-21-16-15(24)18(27)23(3)19(28)22(16)2/h4-8,11-12H,9-10H2,1-3H3,(H,20,26)/t12-/m1/s1. The first-order chi connectivity index (χ1) is 13.8. The van der Waals surface area contributed by atoms with Gasteiger partial charge in [-0.2, -0.15) is 0 Å². The molecular weight excluding hydrogens is 378 g/mol. The van der Waals surface area contributed by atoms with Crippen LogP contribution in [-0.2, 0) is 41.5 Å². The SMILES string of the molecule is C[C@@H](OC(=O)Cn1cnc2c1c(=O)n(C)c(=O)n2C)C(=O)NCc1ccccc1. The van der Waals surface area contributed by atoms with E-state index in [1.54, 1.807) is 0 Å². The summed E-state index contributed by atoms with van der Waals surface area (Å²) in [6, 6.07) is 9.34. The first-order valence-electron chi connectivity index (χ1n) is 8.91. The Balaban J connectivity index is 1.67. The van der Waals surface area contributed by atoms with Crippen molar-refractivity contribution in [3.05, 3.63) is 63.1 Å². The van der Waals surface area contributed by atoms with Gasteiger partial charge in [0.05, 0.1) is 6.33 Å². The third-order valence-corrected chi connectivity index (χ3v) is 4.50. The molecule has 10 nitrogen and oxygen atoms in total. The van der Waals surface area contributed by atoms with E-state index in [2.05, 4.69) is 10.3 Å². The molecule has 0 bridgehead atoms. The van der Waals surface area contributed by atoms with Crippen molar-refractivity contribution in [2.24, 2.45) is 14.1 Å². The second-order valence-corrected chi connectivity index (χ2v) is 6.59. The first kappa shape index (κ1) is 20.1. The predicted molar refractivity (Wildman–Crippen MR) is 104 cm³/mol. The number of benzene rings is 1. The van der Waals surface area contributed by atoms with Gasteiger partial charge in [-0.05, 0) is 12.5 Å². The Morgan fingerprint density at radius 3 is 2.52 bits per heavy atom. The molecule has 29 heavy (non-hydrogen) atoms. The van der Waals surface area contributed by atoms with Gasteiger partial charge in [0.1, 0.15) is 6.54 Å². The number of ether oxygens (including phenoxy) is 1. The predicted octanol–water partition coefficient (Wildman–Crippen LogP) is -0.318. The van der Waals surface area contributed by atoms with E-state index < -0.39 is 29.2 Å². The zero-order valence-corrected chi connectivity index (χ0v) is 16.3. The smallest absolute Gasteiger partial charge is 0.332 e. The number of rotatable bonds is 6.